The summed E-state index contributed by atoms with van der Waals surface area (Å²) in [7, 11) is -3.76. The largest absolute Gasteiger partial charge is 0.489 e. The summed E-state index contributed by atoms with van der Waals surface area (Å²) in [6.07, 6.45) is 0. The van der Waals surface area contributed by atoms with Gasteiger partial charge in [0.15, 0.2) is 0 Å². The molecule has 1 amide bonds. The minimum Gasteiger partial charge on any atom is -0.489 e. The number of rotatable bonds is 8. The quantitative estimate of drug-likeness (QED) is 0.348. The van der Waals surface area contributed by atoms with Gasteiger partial charge in [-0.05, 0) is 66.6 Å². The second-order valence-electron chi connectivity index (χ2n) is 7.65. The maximum absolute atomic E-state index is 12.9. The molecule has 7 heteroatoms. The summed E-state index contributed by atoms with van der Waals surface area (Å²) in [5.41, 5.74) is 2.92. The van der Waals surface area contributed by atoms with Crippen molar-refractivity contribution in [2.45, 2.75) is 18.4 Å². The first kappa shape index (κ1) is 23.1. The molecule has 0 atom stereocenters. The zero-order valence-electron chi connectivity index (χ0n) is 18.6. The minimum absolute atomic E-state index is 0.152. The Balaban J connectivity index is 1.43. The average molecular weight is 473 g/mol. The highest BCUT2D eigenvalue weighted by Crippen LogP contribution is 2.24. The molecule has 0 spiro atoms. The first-order valence-electron chi connectivity index (χ1n) is 10.7. The molecular weight excluding hydrogens is 448 g/mol. The van der Waals surface area contributed by atoms with E-state index in [0.29, 0.717) is 34.9 Å². The van der Waals surface area contributed by atoms with Gasteiger partial charge in [0.1, 0.15) is 12.4 Å². The molecule has 4 rings (SSSR count). The summed E-state index contributed by atoms with van der Waals surface area (Å²) in [5, 5.41) is 2.85. The van der Waals surface area contributed by atoms with Gasteiger partial charge in [0.25, 0.3) is 15.9 Å². The second kappa shape index (κ2) is 10.2. The van der Waals surface area contributed by atoms with Gasteiger partial charge in [-0.25, -0.2) is 8.42 Å². The van der Waals surface area contributed by atoms with Gasteiger partial charge in [-0.3, -0.25) is 9.52 Å². The lowest BCUT2D eigenvalue weighted by Gasteiger charge is -2.14. The molecule has 0 radical (unpaired) electrons. The van der Waals surface area contributed by atoms with E-state index < -0.39 is 10.0 Å². The van der Waals surface area contributed by atoms with Crippen LogP contribution in [-0.4, -0.2) is 14.3 Å². The zero-order valence-corrected chi connectivity index (χ0v) is 19.4. The van der Waals surface area contributed by atoms with Gasteiger partial charge in [-0.2, -0.15) is 0 Å². The fourth-order valence-corrected chi connectivity index (χ4v) is 4.51. The van der Waals surface area contributed by atoms with E-state index in [1.165, 1.54) is 12.1 Å². The van der Waals surface area contributed by atoms with Crippen LogP contribution in [0.25, 0.3) is 0 Å². The number of ether oxygens (including phenoxy) is 1. The molecule has 0 saturated heterocycles. The van der Waals surface area contributed by atoms with E-state index in [1.807, 2.05) is 30.3 Å². The predicted molar refractivity (Wildman–Crippen MR) is 134 cm³/mol. The van der Waals surface area contributed by atoms with Crippen LogP contribution < -0.4 is 14.8 Å². The molecule has 4 aromatic rings. The molecule has 0 unspecified atom stereocenters. The molecule has 0 aliphatic carbocycles. The standard InChI is InChI=1S/C27H24N2O4S/c1-20-25(13-8-14-26(20)29-34(31,32)24-11-6-3-7-12-24)27(30)28-22-15-17-23(18-16-22)33-19-21-9-4-2-5-10-21/h2-18,29H,19H2,1H3,(H,28,30). The highest BCUT2D eigenvalue weighted by molar-refractivity contribution is 7.92. The number of amides is 1. The van der Waals surface area contributed by atoms with E-state index in [9.17, 15) is 13.2 Å². The monoisotopic (exact) mass is 472 g/mol. The lowest BCUT2D eigenvalue weighted by molar-refractivity contribution is 0.102. The summed E-state index contributed by atoms with van der Waals surface area (Å²) in [5.74, 6) is 0.353. The molecule has 0 heterocycles. The summed E-state index contributed by atoms with van der Waals surface area (Å²) >= 11 is 0. The molecular formula is C27H24N2O4S. The van der Waals surface area contributed by atoms with Gasteiger partial charge in [0.2, 0.25) is 0 Å². The molecule has 0 saturated carbocycles. The van der Waals surface area contributed by atoms with Crippen LogP contribution in [0.4, 0.5) is 11.4 Å². The van der Waals surface area contributed by atoms with Crippen molar-refractivity contribution in [1.82, 2.24) is 0 Å². The summed E-state index contributed by atoms with van der Waals surface area (Å²) in [6, 6.07) is 30.0. The number of sulfonamides is 1. The molecule has 0 aliphatic heterocycles. The van der Waals surface area contributed by atoms with E-state index in [4.69, 9.17) is 4.74 Å². The number of hydrogen-bond donors (Lipinski definition) is 2. The molecule has 34 heavy (non-hydrogen) atoms. The van der Waals surface area contributed by atoms with E-state index in [0.717, 1.165) is 5.56 Å². The first-order chi connectivity index (χ1) is 16.4. The third-order valence-electron chi connectivity index (χ3n) is 5.24. The normalized spacial score (nSPS) is 11.0. The summed E-state index contributed by atoms with van der Waals surface area (Å²) in [6.45, 7) is 2.16. The van der Waals surface area contributed by atoms with Crippen LogP contribution in [0.15, 0.2) is 108 Å². The van der Waals surface area contributed by atoms with Crippen molar-refractivity contribution in [3.05, 3.63) is 120 Å². The average Bonchev–Trinajstić information content (AvgIpc) is 2.86. The van der Waals surface area contributed by atoms with Crippen molar-refractivity contribution >= 4 is 27.3 Å². The van der Waals surface area contributed by atoms with Gasteiger partial charge in [-0.15, -0.1) is 0 Å². The second-order valence-corrected chi connectivity index (χ2v) is 9.33. The van der Waals surface area contributed by atoms with Gasteiger partial charge < -0.3 is 10.1 Å². The van der Waals surface area contributed by atoms with E-state index in [-0.39, 0.29) is 10.8 Å². The lowest BCUT2D eigenvalue weighted by Crippen LogP contribution is -2.17. The molecule has 0 bridgehead atoms. The molecule has 0 aromatic heterocycles. The number of anilines is 2. The minimum atomic E-state index is -3.76. The van der Waals surface area contributed by atoms with Crippen molar-refractivity contribution in [3.63, 3.8) is 0 Å². The van der Waals surface area contributed by atoms with Crippen LogP contribution in [0.5, 0.6) is 5.75 Å². The van der Waals surface area contributed by atoms with Crippen LogP contribution in [0.1, 0.15) is 21.5 Å². The van der Waals surface area contributed by atoms with E-state index >= 15 is 0 Å². The summed E-state index contributed by atoms with van der Waals surface area (Å²) < 4.78 is 33.7. The topological polar surface area (TPSA) is 84.5 Å². The van der Waals surface area contributed by atoms with Crippen LogP contribution in [0.2, 0.25) is 0 Å². The smallest absolute Gasteiger partial charge is 0.261 e. The van der Waals surface area contributed by atoms with Crippen molar-refractivity contribution in [2.75, 3.05) is 10.0 Å². The Morgan fingerprint density at radius 1 is 0.794 bits per heavy atom. The fraction of sp³-hybridized carbons (Fsp3) is 0.0741. The Bertz CT molecular complexity index is 1370. The third-order valence-corrected chi connectivity index (χ3v) is 6.62. The maximum atomic E-state index is 12.9. The fourth-order valence-electron chi connectivity index (χ4n) is 3.37. The Hall–Kier alpha value is -4.10. The van der Waals surface area contributed by atoms with Gasteiger partial charge in [-0.1, -0.05) is 54.6 Å². The van der Waals surface area contributed by atoms with Crippen LogP contribution >= 0.6 is 0 Å². The van der Waals surface area contributed by atoms with Crippen LogP contribution in [0, 0.1) is 6.92 Å². The Labute approximate surface area is 199 Å². The highest BCUT2D eigenvalue weighted by atomic mass is 32.2. The van der Waals surface area contributed by atoms with E-state index in [2.05, 4.69) is 10.0 Å². The van der Waals surface area contributed by atoms with Crippen molar-refractivity contribution in [2.24, 2.45) is 0 Å². The number of carbonyl (C=O) groups excluding carboxylic acids is 1. The number of nitrogens with one attached hydrogen (secondary N) is 2. The van der Waals surface area contributed by atoms with Gasteiger partial charge >= 0.3 is 0 Å². The number of hydrogen-bond acceptors (Lipinski definition) is 4. The number of benzene rings is 4. The maximum Gasteiger partial charge on any atom is 0.261 e. The zero-order chi connectivity index (χ0) is 24.0. The van der Waals surface area contributed by atoms with Crippen LogP contribution in [0.3, 0.4) is 0 Å². The Morgan fingerprint density at radius 3 is 2.12 bits per heavy atom. The molecule has 172 valence electrons. The summed E-state index contributed by atoms with van der Waals surface area (Å²) in [4.78, 5) is 13.1. The third kappa shape index (κ3) is 5.63. The number of carbonyl (C=O) groups is 1. The predicted octanol–water partition coefficient (Wildman–Crippen LogP) is 5.63. The first-order valence-corrected chi connectivity index (χ1v) is 12.2. The Morgan fingerprint density at radius 2 is 1.44 bits per heavy atom. The Kier molecular flexibility index (Phi) is 6.94. The molecule has 0 fully saturated rings. The van der Waals surface area contributed by atoms with Crippen LogP contribution in [-0.2, 0) is 16.6 Å². The molecule has 2 N–H and O–H groups in total. The molecule has 0 aliphatic rings. The van der Waals surface area contributed by atoms with E-state index in [1.54, 1.807) is 67.6 Å². The van der Waals surface area contributed by atoms with Crippen molar-refractivity contribution in [1.29, 1.82) is 0 Å². The lowest BCUT2D eigenvalue weighted by atomic mass is 10.1. The molecule has 6 nitrogen and oxygen atoms in total. The highest BCUT2D eigenvalue weighted by Gasteiger charge is 2.18. The van der Waals surface area contributed by atoms with Gasteiger partial charge in [0.05, 0.1) is 10.6 Å². The van der Waals surface area contributed by atoms with Crippen molar-refractivity contribution in [3.8, 4) is 5.75 Å². The van der Waals surface area contributed by atoms with Gasteiger partial charge in [0, 0.05) is 11.3 Å². The SMILES string of the molecule is Cc1c(NS(=O)(=O)c2ccccc2)cccc1C(=O)Nc1ccc(OCc2ccccc2)cc1. The van der Waals surface area contributed by atoms with Crippen molar-refractivity contribution < 1.29 is 17.9 Å². The molecule has 4 aromatic carbocycles.